The van der Waals surface area contributed by atoms with Crippen LogP contribution in [0.15, 0.2) is 60.7 Å². The molecule has 0 aromatic heterocycles. The zero-order chi connectivity index (χ0) is 23.3. The molecule has 1 aliphatic carbocycles. The molecule has 6 heteroatoms. The summed E-state index contributed by atoms with van der Waals surface area (Å²) in [4.78, 5) is 27.6. The summed E-state index contributed by atoms with van der Waals surface area (Å²) in [6, 6.07) is 19.6. The summed E-state index contributed by atoms with van der Waals surface area (Å²) >= 11 is 0. The van der Waals surface area contributed by atoms with E-state index in [9.17, 15) is 9.59 Å². The van der Waals surface area contributed by atoms with Gasteiger partial charge in [0.2, 0.25) is 5.91 Å². The van der Waals surface area contributed by atoms with E-state index in [0.717, 1.165) is 36.8 Å². The Morgan fingerprint density at radius 1 is 1.12 bits per heavy atom. The number of aldehydes is 1. The Kier molecular flexibility index (Phi) is 7.58. The molecule has 1 saturated carbocycles. The maximum Gasteiger partial charge on any atom is 0.232 e. The number of rotatable bonds is 9. The van der Waals surface area contributed by atoms with Crippen molar-refractivity contribution in [1.29, 1.82) is 0 Å². The van der Waals surface area contributed by atoms with E-state index < -0.39 is 17.9 Å². The highest BCUT2D eigenvalue weighted by atomic mass is 16.5. The summed E-state index contributed by atoms with van der Waals surface area (Å²) in [5, 5.41) is 0. The standard InChI is InChI=1S/C27H34N2O4/c1-27(28,33-18-21-12-6-3-7-13-21)25(22-14-8-9-15-22)26(31)29-23(19-32-24(29)17-30)16-20-10-4-2-5-11-20/h2-7,10-13,17,22-25H,8-9,14-16,18-19,28H2,1H3. The van der Waals surface area contributed by atoms with Crippen molar-refractivity contribution < 1.29 is 19.1 Å². The Hall–Kier alpha value is -2.54. The molecule has 176 valence electrons. The Morgan fingerprint density at radius 3 is 2.33 bits per heavy atom. The summed E-state index contributed by atoms with van der Waals surface area (Å²) in [6.07, 6.45) is 4.46. The Bertz CT molecular complexity index is 912. The molecule has 33 heavy (non-hydrogen) atoms. The second-order valence-electron chi connectivity index (χ2n) is 9.43. The highest BCUT2D eigenvalue weighted by Gasteiger charge is 2.49. The first-order valence-electron chi connectivity index (χ1n) is 11.9. The minimum atomic E-state index is -1.17. The van der Waals surface area contributed by atoms with Crippen molar-refractivity contribution in [2.75, 3.05) is 6.61 Å². The van der Waals surface area contributed by atoms with Crippen LogP contribution in [0.2, 0.25) is 0 Å². The van der Waals surface area contributed by atoms with E-state index in [1.54, 1.807) is 11.8 Å². The van der Waals surface area contributed by atoms with Crippen LogP contribution in [-0.2, 0) is 32.1 Å². The average molecular weight is 451 g/mol. The van der Waals surface area contributed by atoms with Crippen LogP contribution in [0.25, 0.3) is 0 Å². The van der Waals surface area contributed by atoms with Crippen LogP contribution in [0.3, 0.4) is 0 Å². The zero-order valence-corrected chi connectivity index (χ0v) is 19.3. The monoisotopic (exact) mass is 450 g/mol. The van der Waals surface area contributed by atoms with Crippen molar-refractivity contribution in [1.82, 2.24) is 4.90 Å². The van der Waals surface area contributed by atoms with Crippen molar-refractivity contribution in [3.05, 3.63) is 71.8 Å². The number of benzene rings is 2. The molecule has 4 atom stereocenters. The topological polar surface area (TPSA) is 81.9 Å². The normalized spacial score (nSPS) is 23.9. The second kappa shape index (κ2) is 10.6. The molecule has 2 aromatic carbocycles. The van der Waals surface area contributed by atoms with Gasteiger partial charge in [0.25, 0.3) is 0 Å². The molecule has 1 amide bonds. The van der Waals surface area contributed by atoms with Crippen LogP contribution >= 0.6 is 0 Å². The van der Waals surface area contributed by atoms with E-state index in [4.69, 9.17) is 15.2 Å². The van der Waals surface area contributed by atoms with E-state index >= 15 is 0 Å². The number of amides is 1. The molecular formula is C27H34N2O4. The highest BCUT2D eigenvalue weighted by Crippen LogP contribution is 2.39. The van der Waals surface area contributed by atoms with Crippen LogP contribution in [-0.4, -0.2) is 41.7 Å². The molecule has 6 nitrogen and oxygen atoms in total. The molecule has 0 spiro atoms. The predicted octanol–water partition coefficient (Wildman–Crippen LogP) is 3.68. The smallest absolute Gasteiger partial charge is 0.232 e. The summed E-state index contributed by atoms with van der Waals surface area (Å²) in [5.74, 6) is -0.574. The van der Waals surface area contributed by atoms with Crippen molar-refractivity contribution >= 4 is 12.2 Å². The first-order chi connectivity index (χ1) is 16.0. The van der Waals surface area contributed by atoms with Gasteiger partial charge in [0.15, 0.2) is 12.5 Å². The molecular weight excluding hydrogens is 416 g/mol. The minimum Gasteiger partial charge on any atom is -0.356 e. The van der Waals surface area contributed by atoms with Gasteiger partial charge in [-0.25, -0.2) is 0 Å². The molecule has 4 rings (SSSR count). The summed E-state index contributed by atoms with van der Waals surface area (Å²) in [7, 11) is 0. The number of carbonyl (C=O) groups is 2. The van der Waals surface area contributed by atoms with Gasteiger partial charge in [0.1, 0.15) is 5.72 Å². The minimum absolute atomic E-state index is 0.119. The van der Waals surface area contributed by atoms with Crippen LogP contribution in [0.4, 0.5) is 0 Å². The van der Waals surface area contributed by atoms with Crippen molar-refractivity contribution in [3.8, 4) is 0 Å². The summed E-state index contributed by atoms with van der Waals surface area (Å²) in [5.41, 5.74) is 7.68. The number of nitrogens with two attached hydrogens (primary N) is 1. The van der Waals surface area contributed by atoms with Crippen LogP contribution in [0.5, 0.6) is 0 Å². The van der Waals surface area contributed by atoms with Gasteiger partial charge in [0.05, 0.1) is 25.2 Å². The number of ether oxygens (including phenoxy) is 2. The SMILES string of the molecule is CC(N)(OCc1ccccc1)C(C(=O)N1C(Cc2ccccc2)COC1C=O)C1CCCC1. The van der Waals surface area contributed by atoms with E-state index in [2.05, 4.69) is 0 Å². The largest absolute Gasteiger partial charge is 0.356 e. The lowest BCUT2D eigenvalue weighted by Crippen LogP contribution is -2.58. The number of hydrogen-bond donors (Lipinski definition) is 1. The molecule has 2 N–H and O–H groups in total. The first-order valence-corrected chi connectivity index (χ1v) is 11.9. The van der Waals surface area contributed by atoms with Gasteiger partial charge < -0.3 is 20.1 Å². The van der Waals surface area contributed by atoms with Gasteiger partial charge in [-0.15, -0.1) is 0 Å². The molecule has 1 heterocycles. The first kappa shape index (κ1) is 23.6. The summed E-state index contributed by atoms with van der Waals surface area (Å²) < 4.78 is 11.9. The third-order valence-electron chi connectivity index (χ3n) is 6.96. The van der Waals surface area contributed by atoms with Crippen molar-refractivity contribution in [2.45, 2.75) is 63.6 Å². The second-order valence-corrected chi connectivity index (χ2v) is 9.43. The molecule has 1 saturated heterocycles. The van der Waals surface area contributed by atoms with Gasteiger partial charge in [0, 0.05) is 0 Å². The average Bonchev–Trinajstić information content (AvgIpc) is 3.49. The zero-order valence-electron chi connectivity index (χ0n) is 19.3. The van der Waals surface area contributed by atoms with E-state index in [-0.39, 0.29) is 17.9 Å². The Labute approximate surface area is 196 Å². The fourth-order valence-electron chi connectivity index (χ4n) is 5.30. The highest BCUT2D eigenvalue weighted by molar-refractivity contribution is 5.83. The lowest BCUT2D eigenvalue weighted by Gasteiger charge is -2.40. The summed E-state index contributed by atoms with van der Waals surface area (Å²) in [6.45, 7) is 2.45. The molecule has 0 radical (unpaired) electrons. The predicted molar refractivity (Wildman–Crippen MR) is 126 cm³/mol. The van der Waals surface area contributed by atoms with E-state index in [0.29, 0.717) is 25.9 Å². The lowest BCUT2D eigenvalue weighted by atomic mass is 9.81. The number of nitrogens with zero attached hydrogens (tertiary/aromatic N) is 1. The molecule has 2 aromatic rings. The third-order valence-corrected chi connectivity index (χ3v) is 6.96. The molecule has 1 aliphatic heterocycles. The Morgan fingerprint density at radius 2 is 1.73 bits per heavy atom. The van der Waals surface area contributed by atoms with E-state index in [1.807, 2.05) is 60.7 Å². The molecule has 4 unspecified atom stereocenters. The van der Waals surface area contributed by atoms with Crippen molar-refractivity contribution in [2.24, 2.45) is 17.6 Å². The quantitative estimate of drug-likeness (QED) is 0.466. The van der Waals surface area contributed by atoms with E-state index in [1.165, 1.54) is 0 Å². The maximum absolute atomic E-state index is 14.1. The van der Waals surface area contributed by atoms with Gasteiger partial charge in [-0.1, -0.05) is 73.5 Å². The van der Waals surface area contributed by atoms with Gasteiger partial charge >= 0.3 is 0 Å². The molecule has 2 aliphatic rings. The van der Waals surface area contributed by atoms with Crippen LogP contribution < -0.4 is 5.73 Å². The molecule has 2 fully saturated rings. The Balaban J connectivity index is 1.58. The fourth-order valence-corrected chi connectivity index (χ4v) is 5.30. The fraction of sp³-hybridized carbons (Fsp3) is 0.481. The molecule has 0 bridgehead atoms. The van der Waals surface area contributed by atoms with Gasteiger partial charge in [-0.2, -0.15) is 0 Å². The lowest BCUT2D eigenvalue weighted by molar-refractivity contribution is -0.163. The maximum atomic E-state index is 14.1. The number of carbonyl (C=O) groups excluding carboxylic acids is 2. The van der Waals surface area contributed by atoms with Crippen molar-refractivity contribution in [3.63, 3.8) is 0 Å². The van der Waals surface area contributed by atoms with Crippen LogP contribution in [0, 0.1) is 11.8 Å². The third kappa shape index (κ3) is 5.52. The van der Waals surface area contributed by atoms with Crippen LogP contribution in [0.1, 0.15) is 43.7 Å². The van der Waals surface area contributed by atoms with Gasteiger partial charge in [-0.05, 0) is 43.2 Å². The number of hydrogen-bond acceptors (Lipinski definition) is 5. The van der Waals surface area contributed by atoms with Gasteiger partial charge in [-0.3, -0.25) is 9.59 Å².